The highest BCUT2D eigenvalue weighted by Crippen LogP contribution is 2.22. The zero-order chi connectivity index (χ0) is 10.1. The molecule has 1 rings (SSSR count). The molecule has 0 saturated carbocycles. The Balaban J connectivity index is 3.40. The summed E-state index contributed by atoms with van der Waals surface area (Å²) < 4.78 is 23.4. The average Bonchev–Trinajstić information content (AvgIpc) is 2.09. The molecule has 1 aromatic rings. The van der Waals surface area contributed by atoms with Crippen LogP contribution < -0.4 is 10.7 Å². The highest BCUT2D eigenvalue weighted by molar-refractivity contribution is 9.10. The van der Waals surface area contributed by atoms with Gasteiger partial charge in [0.25, 0.3) is 10.0 Å². The number of nitrogens with one attached hydrogen (secondary N) is 1. The summed E-state index contributed by atoms with van der Waals surface area (Å²) in [6.07, 6.45) is 0. The molecule has 72 valence electrons. The standard InChI is InChI=1S/C7H9BrN2O2S/c1-5-6(8)3-2-4-7(5)13(11,12)10-9/h2-4,10H,9H2,1H3. The number of hydrogen-bond acceptors (Lipinski definition) is 3. The molecule has 0 spiro atoms. The first kappa shape index (κ1) is 10.6. The fourth-order valence-electron chi connectivity index (χ4n) is 0.942. The SMILES string of the molecule is Cc1c(Br)cccc1S(=O)(=O)NN. The van der Waals surface area contributed by atoms with Crippen molar-refractivity contribution in [2.24, 2.45) is 5.84 Å². The van der Waals surface area contributed by atoms with Gasteiger partial charge in [0.15, 0.2) is 0 Å². The van der Waals surface area contributed by atoms with Crippen molar-refractivity contribution in [3.05, 3.63) is 28.2 Å². The summed E-state index contributed by atoms with van der Waals surface area (Å²) in [4.78, 5) is 1.96. The number of halogens is 1. The minimum Gasteiger partial charge on any atom is -0.257 e. The molecule has 0 aliphatic heterocycles. The summed E-state index contributed by atoms with van der Waals surface area (Å²) >= 11 is 3.23. The van der Waals surface area contributed by atoms with Crippen LogP contribution in [0.2, 0.25) is 0 Å². The summed E-state index contributed by atoms with van der Waals surface area (Å²) in [5, 5.41) is 0. The molecule has 0 fully saturated rings. The number of nitrogens with two attached hydrogens (primary N) is 1. The molecule has 0 amide bonds. The third-order valence-electron chi connectivity index (χ3n) is 1.66. The molecule has 0 heterocycles. The van der Waals surface area contributed by atoms with Gasteiger partial charge in [0, 0.05) is 4.47 Å². The Labute approximate surface area is 85.3 Å². The predicted octanol–water partition coefficient (Wildman–Crippen LogP) is 0.910. The molecule has 13 heavy (non-hydrogen) atoms. The van der Waals surface area contributed by atoms with Crippen LogP contribution in [0.3, 0.4) is 0 Å². The zero-order valence-electron chi connectivity index (χ0n) is 6.91. The molecule has 0 unspecified atom stereocenters. The maximum atomic E-state index is 11.3. The number of benzene rings is 1. The maximum Gasteiger partial charge on any atom is 0.253 e. The Morgan fingerprint density at radius 3 is 2.62 bits per heavy atom. The van der Waals surface area contributed by atoms with E-state index >= 15 is 0 Å². The molecule has 0 aliphatic carbocycles. The van der Waals surface area contributed by atoms with Crippen LogP contribution in [-0.2, 0) is 10.0 Å². The van der Waals surface area contributed by atoms with Gasteiger partial charge < -0.3 is 0 Å². The van der Waals surface area contributed by atoms with E-state index in [1.807, 2.05) is 0 Å². The second-order valence-electron chi connectivity index (χ2n) is 2.48. The largest absolute Gasteiger partial charge is 0.257 e. The minimum absolute atomic E-state index is 0.185. The summed E-state index contributed by atoms with van der Waals surface area (Å²) in [5.74, 6) is 4.90. The van der Waals surface area contributed by atoms with Crippen LogP contribution in [0.1, 0.15) is 5.56 Å². The van der Waals surface area contributed by atoms with Crippen LogP contribution in [0, 0.1) is 6.92 Å². The van der Waals surface area contributed by atoms with E-state index in [2.05, 4.69) is 15.9 Å². The van der Waals surface area contributed by atoms with Gasteiger partial charge in [-0.3, -0.25) is 5.84 Å². The lowest BCUT2D eigenvalue weighted by Crippen LogP contribution is -2.30. The third-order valence-corrected chi connectivity index (χ3v) is 3.85. The van der Waals surface area contributed by atoms with Gasteiger partial charge in [-0.2, -0.15) is 4.83 Å². The molecule has 0 aromatic heterocycles. The highest BCUT2D eigenvalue weighted by atomic mass is 79.9. The second-order valence-corrected chi connectivity index (χ2v) is 5.02. The minimum atomic E-state index is -3.55. The number of hydrazine groups is 1. The monoisotopic (exact) mass is 264 g/mol. The Morgan fingerprint density at radius 1 is 1.46 bits per heavy atom. The molecule has 0 bridgehead atoms. The van der Waals surface area contributed by atoms with E-state index in [1.54, 1.807) is 23.9 Å². The molecular weight excluding hydrogens is 256 g/mol. The van der Waals surface area contributed by atoms with Crippen molar-refractivity contribution in [2.75, 3.05) is 0 Å². The molecule has 4 nitrogen and oxygen atoms in total. The van der Waals surface area contributed by atoms with E-state index < -0.39 is 10.0 Å². The summed E-state index contributed by atoms with van der Waals surface area (Å²) in [6, 6.07) is 4.90. The Kier molecular flexibility index (Phi) is 3.07. The highest BCUT2D eigenvalue weighted by Gasteiger charge is 2.15. The van der Waals surface area contributed by atoms with E-state index in [0.717, 1.165) is 4.47 Å². The molecule has 6 heteroatoms. The molecule has 0 aliphatic rings. The fraction of sp³-hybridized carbons (Fsp3) is 0.143. The van der Waals surface area contributed by atoms with Crippen molar-refractivity contribution in [2.45, 2.75) is 11.8 Å². The zero-order valence-corrected chi connectivity index (χ0v) is 9.31. The van der Waals surface area contributed by atoms with Gasteiger partial charge >= 0.3 is 0 Å². The Bertz CT molecular complexity index is 417. The molecule has 3 N–H and O–H groups in total. The molecular formula is C7H9BrN2O2S. The lowest BCUT2D eigenvalue weighted by molar-refractivity contribution is 0.583. The Hall–Kier alpha value is -0.430. The van der Waals surface area contributed by atoms with Crippen molar-refractivity contribution in [1.82, 2.24) is 4.83 Å². The second kappa shape index (κ2) is 3.75. The summed E-state index contributed by atoms with van der Waals surface area (Å²) in [7, 11) is -3.55. The first-order chi connectivity index (χ1) is 5.99. The molecule has 0 saturated heterocycles. The lowest BCUT2D eigenvalue weighted by Gasteiger charge is -2.06. The van der Waals surface area contributed by atoms with E-state index in [9.17, 15) is 8.42 Å². The van der Waals surface area contributed by atoms with Gasteiger partial charge in [-0.25, -0.2) is 8.42 Å². The molecule has 1 aromatic carbocycles. The first-order valence-corrected chi connectivity index (χ1v) is 5.74. The van der Waals surface area contributed by atoms with Crippen LogP contribution in [-0.4, -0.2) is 8.42 Å². The van der Waals surface area contributed by atoms with E-state index in [0.29, 0.717) is 5.56 Å². The molecule has 0 radical (unpaired) electrons. The normalized spacial score (nSPS) is 11.6. The van der Waals surface area contributed by atoms with Crippen LogP contribution >= 0.6 is 15.9 Å². The quantitative estimate of drug-likeness (QED) is 0.616. The fourth-order valence-corrected chi connectivity index (χ4v) is 2.34. The van der Waals surface area contributed by atoms with Crippen molar-refractivity contribution in [1.29, 1.82) is 0 Å². The van der Waals surface area contributed by atoms with Gasteiger partial charge in [-0.15, -0.1) is 0 Å². The average molecular weight is 265 g/mol. The number of sulfonamides is 1. The lowest BCUT2D eigenvalue weighted by atomic mass is 10.2. The third kappa shape index (κ3) is 2.08. The van der Waals surface area contributed by atoms with E-state index in [-0.39, 0.29) is 4.90 Å². The van der Waals surface area contributed by atoms with E-state index in [1.165, 1.54) is 6.07 Å². The van der Waals surface area contributed by atoms with Crippen molar-refractivity contribution >= 4 is 26.0 Å². The van der Waals surface area contributed by atoms with E-state index in [4.69, 9.17) is 5.84 Å². The number of hydrogen-bond donors (Lipinski definition) is 2. The van der Waals surface area contributed by atoms with Gasteiger partial charge in [-0.05, 0) is 24.6 Å². The van der Waals surface area contributed by atoms with Crippen LogP contribution in [0.15, 0.2) is 27.6 Å². The first-order valence-electron chi connectivity index (χ1n) is 3.46. The number of rotatable bonds is 2. The van der Waals surface area contributed by atoms with Crippen molar-refractivity contribution in [3.8, 4) is 0 Å². The maximum absolute atomic E-state index is 11.3. The topological polar surface area (TPSA) is 72.2 Å². The smallest absolute Gasteiger partial charge is 0.253 e. The van der Waals surface area contributed by atoms with Crippen LogP contribution in [0.25, 0.3) is 0 Å². The van der Waals surface area contributed by atoms with Gasteiger partial charge in [0.1, 0.15) is 0 Å². The van der Waals surface area contributed by atoms with Gasteiger partial charge in [-0.1, -0.05) is 22.0 Å². The summed E-state index contributed by atoms with van der Waals surface area (Å²) in [5.41, 5.74) is 0.639. The van der Waals surface area contributed by atoms with Crippen LogP contribution in [0.4, 0.5) is 0 Å². The predicted molar refractivity (Wildman–Crippen MR) is 53.4 cm³/mol. The van der Waals surface area contributed by atoms with Crippen molar-refractivity contribution in [3.63, 3.8) is 0 Å². The van der Waals surface area contributed by atoms with Crippen LogP contribution in [0.5, 0.6) is 0 Å². The molecule has 0 atom stereocenters. The van der Waals surface area contributed by atoms with Crippen molar-refractivity contribution < 1.29 is 8.42 Å². The Morgan fingerprint density at radius 2 is 2.08 bits per heavy atom. The summed E-state index contributed by atoms with van der Waals surface area (Å²) in [6.45, 7) is 1.70. The van der Waals surface area contributed by atoms with Gasteiger partial charge in [0.05, 0.1) is 4.90 Å². The van der Waals surface area contributed by atoms with Gasteiger partial charge in [0.2, 0.25) is 0 Å².